The number of hydrogen-bond acceptors (Lipinski definition) is 5. The van der Waals surface area contributed by atoms with Crippen LogP contribution in [0.3, 0.4) is 0 Å². The molecule has 3 aromatic heterocycles. The van der Waals surface area contributed by atoms with Gasteiger partial charge in [0.2, 0.25) is 0 Å². The van der Waals surface area contributed by atoms with E-state index in [1.807, 2.05) is 30.5 Å². The quantitative estimate of drug-likeness (QED) is 0.130. The van der Waals surface area contributed by atoms with Gasteiger partial charge in [0.05, 0.1) is 28.3 Å². The average Bonchev–Trinajstić information content (AvgIpc) is 1.49. The van der Waals surface area contributed by atoms with E-state index in [0.29, 0.717) is 0 Å². The Bertz CT molecular complexity index is 6310. The van der Waals surface area contributed by atoms with Crippen molar-refractivity contribution in [1.82, 2.24) is 15.0 Å². The summed E-state index contributed by atoms with van der Waals surface area (Å²) in [5.41, 5.74) is 19.0. The van der Waals surface area contributed by atoms with E-state index in [1.165, 1.54) is 153 Å². The van der Waals surface area contributed by atoms with Gasteiger partial charge >= 0.3 is 7.12 Å². The fourth-order valence-electron chi connectivity index (χ4n) is 17.7. The third kappa shape index (κ3) is 9.81. The van der Waals surface area contributed by atoms with Gasteiger partial charge in [-0.15, -0.1) is 0 Å². The van der Waals surface area contributed by atoms with Crippen LogP contribution in [-0.4, -0.2) is 33.3 Å². The van der Waals surface area contributed by atoms with Crippen LogP contribution in [0.15, 0.2) is 276 Å². The summed E-state index contributed by atoms with van der Waals surface area (Å²) in [7, 11) is -0.417. The molecule has 1 fully saturated rings. The Kier molecular flexibility index (Phi) is 14.6. The number of rotatable bonds is 3. The highest BCUT2D eigenvalue weighted by Gasteiger charge is 2.52. The molecule has 17 aromatic rings. The molecule has 4 aliphatic rings. The fraction of sp³-hybridized carbons (Fsp3) is 0.156. The van der Waals surface area contributed by atoms with Crippen LogP contribution in [0.25, 0.3) is 153 Å². The largest absolute Gasteiger partial charge is 0.496 e. The molecule has 8 heteroatoms. The first kappa shape index (κ1) is 64.6. The summed E-state index contributed by atoms with van der Waals surface area (Å²) < 4.78 is 14.9. The first-order valence-electron chi connectivity index (χ1n) is 36.2. The van der Waals surface area contributed by atoms with Crippen LogP contribution in [0.1, 0.15) is 103 Å². The van der Waals surface area contributed by atoms with Crippen molar-refractivity contribution in [3.63, 3.8) is 0 Å². The van der Waals surface area contributed by atoms with E-state index in [4.69, 9.17) is 24.3 Å². The van der Waals surface area contributed by atoms with Gasteiger partial charge in [0, 0.05) is 77.1 Å². The van der Waals surface area contributed by atoms with Gasteiger partial charge in [0.25, 0.3) is 0 Å². The minimum absolute atomic E-state index is 0.182. The Morgan fingerprint density at radius 2 is 0.596 bits per heavy atom. The molecule has 3 aliphatic carbocycles. The van der Waals surface area contributed by atoms with Crippen molar-refractivity contribution in [1.29, 1.82) is 0 Å². The lowest BCUT2D eigenvalue weighted by molar-refractivity contribution is 0.00578. The van der Waals surface area contributed by atoms with Crippen molar-refractivity contribution in [3.05, 3.63) is 310 Å². The Morgan fingerprint density at radius 1 is 0.260 bits per heavy atom. The van der Waals surface area contributed by atoms with E-state index in [9.17, 15) is 0 Å². The van der Waals surface area contributed by atoms with Crippen LogP contribution >= 0.6 is 31.9 Å². The van der Waals surface area contributed by atoms with Gasteiger partial charge in [-0.3, -0.25) is 15.0 Å². The summed E-state index contributed by atoms with van der Waals surface area (Å²) in [6, 6.07) is 91.2. The average molecular weight is 1470 g/mol. The van der Waals surface area contributed by atoms with E-state index in [-0.39, 0.29) is 27.4 Å². The van der Waals surface area contributed by atoms with Crippen LogP contribution in [0.5, 0.6) is 0 Å². The lowest BCUT2D eigenvalue weighted by atomic mass is 9.76. The number of hydrogen-bond donors (Lipinski definition) is 0. The zero-order chi connectivity index (χ0) is 71.1. The standard InChI is InChI=1S/C58H40N2.C32H30BNO2.C6H4Br2/c1-57(2)51-28-46-42-22-11-7-18-38(42)36-16-5-9-20-40(36)44(46)26-48(51)50-32-59-55(30-53(50)57)34-15-13-14-33(24-34)35-25-54-56(60-31-35)49-27-45-41-21-10-6-17-37(41)39-19-8-12-23-43(39)47(45)29-52(49)58(54,3)4;1-30(2)27-17-25-23-14-10-8-12-21(23)20-11-7-9-13-22(20)24(25)16-26(27)29-28(30)15-19(18-34-29)33-35-31(3,4)32(5,6)36-33;7-5-2-1-3-6(8)4-5/h5-32H,1-4H3;7-18H,1-6H3;1-4H. The van der Waals surface area contributed by atoms with Gasteiger partial charge in [0.1, 0.15) is 0 Å². The SMILES string of the molecule is Brc1cccc(Br)c1.CC1(C)c2cc(-c3cccc(-c4cnc5c(c4)C(C)(C)c4cc6c7ccccc7c7ccccc7c6cc4-5)c3)ncc2-c2cc3c4ccccc4c4ccccc4c3cc21.CC1(C)c2cc3c4ccccc4c4ccccc4c3cc2-c2ncc(B3OC(C)(C)C(C)(C)O3)cc21. The molecule has 502 valence electrons. The molecule has 5 nitrogen and oxygen atoms in total. The molecule has 0 unspecified atom stereocenters. The zero-order valence-corrected chi connectivity index (χ0v) is 63.1. The highest BCUT2D eigenvalue weighted by atomic mass is 79.9. The predicted octanol–water partition coefficient (Wildman–Crippen LogP) is 25.7. The highest BCUT2D eigenvalue weighted by Crippen LogP contribution is 2.56. The van der Waals surface area contributed by atoms with Crippen LogP contribution < -0.4 is 5.46 Å². The van der Waals surface area contributed by atoms with Gasteiger partial charge in [-0.25, -0.2) is 0 Å². The summed E-state index contributed by atoms with van der Waals surface area (Å²) in [6.07, 6.45) is 6.13. The molecular weight excluding hydrogens is 1400 g/mol. The van der Waals surface area contributed by atoms with Crippen molar-refractivity contribution < 1.29 is 9.31 Å². The summed E-state index contributed by atoms with van der Waals surface area (Å²) in [5, 5.41) is 23.4. The number of pyridine rings is 3. The third-order valence-corrected chi connectivity index (χ3v) is 25.0. The van der Waals surface area contributed by atoms with E-state index in [1.54, 1.807) is 0 Å². The highest BCUT2D eigenvalue weighted by molar-refractivity contribution is 9.11. The molecule has 0 spiro atoms. The summed E-state index contributed by atoms with van der Waals surface area (Å²) in [4.78, 5) is 15.5. The maximum atomic E-state index is 6.35. The van der Waals surface area contributed by atoms with Gasteiger partial charge in [0.15, 0.2) is 0 Å². The Labute approximate surface area is 623 Å². The third-order valence-electron chi connectivity index (χ3n) is 24.0. The molecule has 1 saturated heterocycles. The van der Waals surface area contributed by atoms with Gasteiger partial charge in [-0.1, -0.05) is 249 Å². The molecule has 0 radical (unpaired) electrons. The monoisotopic (exact) mass is 1470 g/mol. The summed E-state index contributed by atoms with van der Waals surface area (Å²) in [5.74, 6) is 0. The smallest absolute Gasteiger partial charge is 0.399 e. The number of halogens is 2. The zero-order valence-electron chi connectivity index (χ0n) is 59.9. The molecule has 21 rings (SSSR count). The molecule has 0 bridgehead atoms. The van der Waals surface area contributed by atoms with Gasteiger partial charge in [-0.2, -0.15) is 0 Å². The Hall–Kier alpha value is -10.2. The van der Waals surface area contributed by atoms with Crippen molar-refractivity contribution in [3.8, 4) is 56.0 Å². The maximum Gasteiger partial charge on any atom is 0.496 e. The number of aromatic nitrogens is 3. The van der Waals surface area contributed by atoms with E-state index >= 15 is 0 Å². The molecule has 104 heavy (non-hydrogen) atoms. The van der Waals surface area contributed by atoms with Crippen molar-refractivity contribution in [2.75, 3.05) is 0 Å². The maximum absolute atomic E-state index is 6.35. The van der Waals surface area contributed by atoms with Crippen LogP contribution in [0.4, 0.5) is 0 Å². The summed E-state index contributed by atoms with van der Waals surface area (Å²) in [6.45, 7) is 22.4. The lowest BCUT2D eigenvalue weighted by Crippen LogP contribution is -2.41. The molecule has 1 aliphatic heterocycles. The van der Waals surface area contributed by atoms with Crippen LogP contribution in [0, 0.1) is 0 Å². The molecule has 0 atom stereocenters. The Morgan fingerprint density at radius 3 is 1.01 bits per heavy atom. The first-order valence-corrected chi connectivity index (χ1v) is 37.7. The minimum Gasteiger partial charge on any atom is -0.399 e. The number of fused-ring (bicyclic) bond motifs is 27. The molecular formula is C96H74BBr2N3O2. The van der Waals surface area contributed by atoms with Crippen molar-refractivity contribution >= 4 is 141 Å². The van der Waals surface area contributed by atoms with E-state index < -0.39 is 7.12 Å². The molecule has 4 heterocycles. The molecule has 0 amide bonds. The fourth-order valence-corrected chi connectivity index (χ4v) is 18.8. The van der Waals surface area contributed by atoms with Crippen molar-refractivity contribution in [2.24, 2.45) is 0 Å². The molecule has 14 aromatic carbocycles. The predicted molar refractivity (Wildman–Crippen MR) is 445 cm³/mol. The van der Waals surface area contributed by atoms with E-state index in [0.717, 1.165) is 48.2 Å². The van der Waals surface area contributed by atoms with Gasteiger partial charge < -0.3 is 9.31 Å². The number of benzene rings is 14. The summed E-state index contributed by atoms with van der Waals surface area (Å²) >= 11 is 6.66. The topological polar surface area (TPSA) is 57.1 Å². The van der Waals surface area contributed by atoms with Crippen molar-refractivity contribution in [2.45, 2.75) is 96.7 Å². The molecule has 0 N–H and O–H groups in total. The van der Waals surface area contributed by atoms with Crippen LogP contribution in [0.2, 0.25) is 0 Å². The first-order chi connectivity index (χ1) is 50.1. The van der Waals surface area contributed by atoms with E-state index in [2.05, 4.69) is 338 Å². The lowest BCUT2D eigenvalue weighted by Gasteiger charge is -2.32. The second-order valence-corrected chi connectivity index (χ2v) is 33.3. The molecule has 0 saturated carbocycles. The van der Waals surface area contributed by atoms with Gasteiger partial charge in [-0.05, 0) is 242 Å². The van der Waals surface area contributed by atoms with Crippen LogP contribution in [-0.2, 0) is 25.6 Å². The second-order valence-electron chi connectivity index (χ2n) is 31.5. The Balaban J connectivity index is 0.000000143. The second kappa shape index (κ2) is 23.4. The number of nitrogens with zero attached hydrogens (tertiary/aromatic N) is 3. The minimum atomic E-state index is -0.417. The normalized spacial score (nSPS) is 15.8.